The molecule has 0 spiro atoms. The Labute approximate surface area is 247 Å². The average molecular weight is 563 g/mol. The largest absolute Gasteiger partial charge is 0.504 e. The fraction of sp³-hybridized carbons (Fsp3) is 0.333. The Morgan fingerprint density at radius 1 is 0.643 bits per heavy atom. The van der Waals surface area contributed by atoms with E-state index in [-0.39, 0.29) is 23.0 Å². The molecule has 2 atom stereocenters. The highest BCUT2D eigenvalue weighted by atomic mass is 16.3. The lowest BCUT2D eigenvalue weighted by Crippen LogP contribution is -2.38. The zero-order valence-corrected chi connectivity index (χ0v) is 24.3. The van der Waals surface area contributed by atoms with Gasteiger partial charge in [-0.2, -0.15) is 0 Å². The smallest absolute Gasteiger partial charge is 0.165 e. The van der Waals surface area contributed by atoms with Crippen molar-refractivity contribution in [3.05, 3.63) is 94.0 Å². The van der Waals surface area contributed by atoms with E-state index in [1.807, 2.05) is 12.1 Å². The molecule has 0 saturated carbocycles. The van der Waals surface area contributed by atoms with Crippen LogP contribution in [0.15, 0.2) is 60.7 Å². The Morgan fingerprint density at radius 3 is 1.74 bits per heavy atom. The maximum atomic E-state index is 10.4. The number of hydrogen-bond acceptors (Lipinski definition) is 6. The first-order valence-electron chi connectivity index (χ1n) is 15.1. The summed E-state index contributed by atoms with van der Waals surface area (Å²) in [5.41, 5.74) is 11.5. The second-order valence-electron chi connectivity index (χ2n) is 12.1. The van der Waals surface area contributed by atoms with Crippen LogP contribution in [-0.4, -0.2) is 56.9 Å². The third-order valence-electron chi connectivity index (χ3n) is 9.80. The van der Waals surface area contributed by atoms with Crippen molar-refractivity contribution in [2.75, 3.05) is 26.7 Å². The van der Waals surface area contributed by atoms with Crippen molar-refractivity contribution in [2.45, 2.75) is 51.1 Å². The van der Waals surface area contributed by atoms with Crippen LogP contribution in [-0.2, 0) is 25.7 Å². The van der Waals surface area contributed by atoms with Gasteiger partial charge in [-0.3, -0.25) is 9.80 Å². The van der Waals surface area contributed by atoms with E-state index in [1.165, 1.54) is 22.3 Å². The lowest BCUT2D eigenvalue weighted by atomic mass is 9.76. The zero-order valence-electron chi connectivity index (χ0n) is 24.3. The topological polar surface area (TPSA) is 87.4 Å². The van der Waals surface area contributed by atoms with Crippen LogP contribution in [0.4, 0.5) is 0 Å². The predicted octanol–water partition coefficient (Wildman–Crippen LogP) is 6.48. The van der Waals surface area contributed by atoms with E-state index in [4.69, 9.17) is 0 Å². The fourth-order valence-corrected chi connectivity index (χ4v) is 7.81. The lowest BCUT2D eigenvalue weighted by Gasteiger charge is -2.41. The number of nitrogens with zero attached hydrogens (tertiary/aromatic N) is 2. The van der Waals surface area contributed by atoms with Crippen molar-refractivity contribution in [3.63, 3.8) is 0 Å². The number of phenols is 4. The van der Waals surface area contributed by atoms with Gasteiger partial charge in [-0.15, -0.1) is 0 Å². The second kappa shape index (κ2) is 10.4. The molecule has 2 heterocycles. The number of hydrogen-bond donors (Lipinski definition) is 4. The molecule has 6 nitrogen and oxygen atoms in total. The van der Waals surface area contributed by atoms with Crippen LogP contribution in [0.1, 0.15) is 58.8 Å². The maximum Gasteiger partial charge on any atom is 0.165 e. The highest BCUT2D eigenvalue weighted by molar-refractivity contribution is 5.83. The van der Waals surface area contributed by atoms with Gasteiger partial charge in [0.1, 0.15) is 0 Å². The first-order chi connectivity index (χ1) is 20.4. The Hall–Kier alpha value is -4.00. The SMILES string of the molecule is CCCN1CCc2cccc3c2[C@H]1Cc1ccc(O)c(O)c1-3.CN1CCc2cccc3c2[C@H]1Cc1ccc(O)c(O)c1-3. The van der Waals surface area contributed by atoms with Gasteiger partial charge in [-0.1, -0.05) is 55.5 Å². The molecular formula is C36H38N2O4. The Morgan fingerprint density at radius 2 is 1.17 bits per heavy atom. The standard InChI is InChI=1S/C19H21NO2.C17H17NO2/c1-2-9-20-10-8-12-4-3-5-14-17(12)15(20)11-13-6-7-16(21)19(22)18(13)14;1-18-8-7-10-3-2-4-12-15(10)13(18)9-11-5-6-14(19)17(20)16(11)12/h3-7,15,21-22H,2,8-11H2,1H3;2-6,13,19-20H,7-9H2,1H3/t15-;13-/m11/s1. The first-order valence-corrected chi connectivity index (χ1v) is 15.1. The average Bonchev–Trinajstić information content (AvgIpc) is 3.00. The van der Waals surface area contributed by atoms with Gasteiger partial charge in [0.2, 0.25) is 0 Å². The molecule has 216 valence electrons. The lowest BCUT2D eigenvalue weighted by molar-refractivity contribution is 0.183. The van der Waals surface area contributed by atoms with E-state index in [0.717, 1.165) is 85.1 Å². The summed E-state index contributed by atoms with van der Waals surface area (Å²) >= 11 is 0. The third-order valence-corrected chi connectivity index (χ3v) is 9.80. The summed E-state index contributed by atoms with van der Waals surface area (Å²) in [6.45, 7) is 5.51. The highest BCUT2D eigenvalue weighted by Gasteiger charge is 2.36. The molecule has 2 aliphatic heterocycles. The Kier molecular flexibility index (Phi) is 6.63. The summed E-state index contributed by atoms with van der Waals surface area (Å²) in [5.74, 6) is -0.0282. The van der Waals surface area contributed by atoms with E-state index in [2.05, 4.69) is 60.2 Å². The molecule has 4 aromatic rings. The second-order valence-corrected chi connectivity index (χ2v) is 12.1. The molecule has 8 rings (SSSR count). The van der Waals surface area contributed by atoms with E-state index in [0.29, 0.717) is 12.1 Å². The molecule has 0 fully saturated rings. The van der Waals surface area contributed by atoms with Crippen molar-refractivity contribution in [3.8, 4) is 45.3 Å². The third kappa shape index (κ3) is 4.16. The molecule has 0 unspecified atom stereocenters. The molecule has 0 amide bonds. The van der Waals surface area contributed by atoms with Gasteiger partial charge in [0.15, 0.2) is 23.0 Å². The number of phenolic OH excluding ortho intramolecular Hbond substituents is 4. The summed E-state index contributed by atoms with van der Waals surface area (Å²) in [4.78, 5) is 4.96. The van der Waals surface area contributed by atoms with Gasteiger partial charge < -0.3 is 20.4 Å². The van der Waals surface area contributed by atoms with Crippen LogP contribution >= 0.6 is 0 Å². The number of likely N-dealkylation sites (N-methyl/N-ethyl adjacent to an activating group) is 1. The number of benzene rings is 4. The summed E-state index contributed by atoms with van der Waals surface area (Å²) in [5, 5.41) is 40.3. The molecule has 0 saturated heterocycles. The Balaban J connectivity index is 0.000000138. The summed E-state index contributed by atoms with van der Waals surface area (Å²) in [6.07, 6.45) is 5.07. The Bertz CT molecular complexity index is 1700. The minimum atomic E-state index is -0.0380. The van der Waals surface area contributed by atoms with Gasteiger partial charge in [-0.25, -0.2) is 0 Å². The molecule has 6 heteroatoms. The summed E-state index contributed by atoms with van der Waals surface area (Å²) in [6, 6.07) is 20.5. The molecule has 0 aromatic heterocycles. The molecule has 0 bridgehead atoms. The van der Waals surface area contributed by atoms with Crippen LogP contribution in [0.5, 0.6) is 23.0 Å². The molecule has 4 aliphatic rings. The summed E-state index contributed by atoms with van der Waals surface area (Å²) < 4.78 is 0. The van der Waals surface area contributed by atoms with Crippen LogP contribution < -0.4 is 0 Å². The number of fused-ring (bicyclic) bond motifs is 4. The van der Waals surface area contributed by atoms with Crippen LogP contribution in [0.2, 0.25) is 0 Å². The molecule has 2 aliphatic carbocycles. The highest BCUT2D eigenvalue weighted by Crippen LogP contribution is 2.51. The van der Waals surface area contributed by atoms with Gasteiger partial charge in [0, 0.05) is 36.3 Å². The number of rotatable bonds is 2. The minimum absolute atomic E-state index is 0.0163. The van der Waals surface area contributed by atoms with Crippen molar-refractivity contribution >= 4 is 0 Å². The molecular weight excluding hydrogens is 524 g/mol. The number of aromatic hydroxyl groups is 4. The van der Waals surface area contributed by atoms with Gasteiger partial charge in [0.25, 0.3) is 0 Å². The summed E-state index contributed by atoms with van der Waals surface area (Å²) in [7, 11) is 2.16. The quantitative estimate of drug-likeness (QED) is 0.209. The zero-order chi connectivity index (χ0) is 29.1. The van der Waals surface area contributed by atoms with Crippen molar-refractivity contribution in [2.24, 2.45) is 0 Å². The van der Waals surface area contributed by atoms with Gasteiger partial charge >= 0.3 is 0 Å². The van der Waals surface area contributed by atoms with Crippen LogP contribution in [0.25, 0.3) is 22.3 Å². The molecule has 0 radical (unpaired) electrons. The first kappa shape index (κ1) is 26.9. The minimum Gasteiger partial charge on any atom is -0.504 e. The van der Waals surface area contributed by atoms with E-state index in [9.17, 15) is 20.4 Å². The van der Waals surface area contributed by atoms with E-state index in [1.54, 1.807) is 12.1 Å². The van der Waals surface area contributed by atoms with E-state index >= 15 is 0 Å². The van der Waals surface area contributed by atoms with Crippen molar-refractivity contribution in [1.82, 2.24) is 9.80 Å². The van der Waals surface area contributed by atoms with Crippen LogP contribution in [0, 0.1) is 0 Å². The predicted molar refractivity (Wildman–Crippen MR) is 165 cm³/mol. The molecule has 4 aromatic carbocycles. The monoisotopic (exact) mass is 562 g/mol. The van der Waals surface area contributed by atoms with E-state index < -0.39 is 0 Å². The van der Waals surface area contributed by atoms with Crippen molar-refractivity contribution < 1.29 is 20.4 Å². The maximum absolute atomic E-state index is 10.4. The van der Waals surface area contributed by atoms with Crippen LogP contribution in [0.3, 0.4) is 0 Å². The fourth-order valence-electron chi connectivity index (χ4n) is 7.81. The van der Waals surface area contributed by atoms with Gasteiger partial charge in [-0.05, 0) is 102 Å². The molecule has 42 heavy (non-hydrogen) atoms. The van der Waals surface area contributed by atoms with Crippen molar-refractivity contribution in [1.29, 1.82) is 0 Å². The normalized spacial score (nSPS) is 20.0. The van der Waals surface area contributed by atoms with Gasteiger partial charge in [0.05, 0.1) is 0 Å². The molecule has 4 N–H and O–H groups in total.